The van der Waals surface area contributed by atoms with Gasteiger partial charge in [0.2, 0.25) is 5.89 Å². The number of halogens is 3. The highest BCUT2D eigenvalue weighted by Gasteiger charge is 2.31. The molecule has 0 fully saturated rings. The molecule has 0 atom stereocenters. The number of rotatable bonds is 10. The van der Waals surface area contributed by atoms with E-state index in [0.29, 0.717) is 6.54 Å². The minimum atomic E-state index is -4.79. The summed E-state index contributed by atoms with van der Waals surface area (Å²) in [7, 11) is 0. The Kier molecular flexibility index (Phi) is 8.41. The van der Waals surface area contributed by atoms with Crippen molar-refractivity contribution < 1.29 is 36.7 Å². The molecule has 34 heavy (non-hydrogen) atoms. The standard InChI is InChI=1S/C22H20F3N3O5S/c1-34-18-5-3-2-4-14(18)10-27-21(30)17-12-32-20(28-17)11-26-19(29)13-31-15-6-8-16(9-7-15)33-22(23,24)25/h2-9,12H,10-11,13H2,1H3,(H,26,29)(H,27,30). The predicted molar refractivity (Wildman–Crippen MR) is 116 cm³/mol. The molecule has 0 bridgehead atoms. The number of hydrogen-bond donors (Lipinski definition) is 2. The molecule has 0 saturated heterocycles. The molecule has 1 aromatic heterocycles. The van der Waals surface area contributed by atoms with Crippen LogP contribution < -0.4 is 20.1 Å². The van der Waals surface area contributed by atoms with Gasteiger partial charge in [-0.3, -0.25) is 9.59 Å². The number of carbonyl (C=O) groups is 2. The third kappa shape index (κ3) is 7.73. The summed E-state index contributed by atoms with van der Waals surface area (Å²) in [6, 6.07) is 12.3. The highest BCUT2D eigenvalue weighted by atomic mass is 32.2. The van der Waals surface area contributed by atoms with Gasteiger partial charge in [-0.25, -0.2) is 4.98 Å². The van der Waals surface area contributed by atoms with Crippen LogP contribution in [-0.2, 0) is 17.9 Å². The van der Waals surface area contributed by atoms with E-state index in [1.54, 1.807) is 11.8 Å². The molecule has 8 nitrogen and oxygen atoms in total. The summed E-state index contributed by atoms with van der Waals surface area (Å²) in [6.45, 7) is -0.138. The number of thioether (sulfide) groups is 1. The van der Waals surface area contributed by atoms with Crippen molar-refractivity contribution in [2.24, 2.45) is 0 Å². The van der Waals surface area contributed by atoms with Gasteiger partial charge in [-0.05, 0) is 42.2 Å². The third-order valence-electron chi connectivity index (χ3n) is 4.28. The maximum atomic E-state index is 12.3. The zero-order chi connectivity index (χ0) is 24.6. The summed E-state index contributed by atoms with van der Waals surface area (Å²) < 4.78 is 50.7. The lowest BCUT2D eigenvalue weighted by Crippen LogP contribution is -2.28. The lowest BCUT2D eigenvalue weighted by molar-refractivity contribution is -0.274. The van der Waals surface area contributed by atoms with Crippen LogP contribution in [0.1, 0.15) is 21.9 Å². The number of ether oxygens (including phenoxy) is 2. The smallest absolute Gasteiger partial charge is 0.484 e. The lowest BCUT2D eigenvalue weighted by Gasteiger charge is -2.10. The van der Waals surface area contributed by atoms with E-state index >= 15 is 0 Å². The number of benzene rings is 2. The maximum absolute atomic E-state index is 12.3. The fourth-order valence-electron chi connectivity index (χ4n) is 2.72. The Morgan fingerprint density at radius 2 is 1.74 bits per heavy atom. The zero-order valence-corrected chi connectivity index (χ0v) is 18.7. The molecule has 12 heteroatoms. The molecule has 3 rings (SSSR count). The van der Waals surface area contributed by atoms with E-state index in [9.17, 15) is 22.8 Å². The molecule has 0 saturated carbocycles. The maximum Gasteiger partial charge on any atom is 0.573 e. The van der Waals surface area contributed by atoms with Crippen LogP contribution in [0.2, 0.25) is 0 Å². The van der Waals surface area contributed by atoms with E-state index in [0.717, 1.165) is 22.6 Å². The van der Waals surface area contributed by atoms with Crippen LogP contribution in [0.4, 0.5) is 13.2 Å². The Bertz CT molecular complexity index is 1120. The summed E-state index contributed by atoms with van der Waals surface area (Å²) in [5.74, 6) is -1.03. The quantitative estimate of drug-likeness (QED) is 0.411. The molecule has 1 heterocycles. The van der Waals surface area contributed by atoms with Crippen LogP contribution in [0.25, 0.3) is 0 Å². The van der Waals surface area contributed by atoms with Crippen LogP contribution in [0.3, 0.4) is 0 Å². The van der Waals surface area contributed by atoms with Crippen molar-refractivity contribution in [3.63, 3.8) is 0 Å². The number of oxazole rings is 1. The minimum absolute atomic E-state index is 0.0725. The molecular weight excluding hydrogens is 475 g/mol. The fraction of sp³-hybridized carbons (Fsp3) is 0.227. The first-order chi connectivity index (χ1) is 16.2. The minimum Gasteiger partial charge on any atom is -0.484 e. The van der Waals surface area contributed by atoms with Crippen molar-refractivity contribution in [3.05, 3.63) is 71.9 Å². The van der Waals surface area contributed by atoms with Gasteiger partial charge < -0.3 is 24.5 Å². The second-order valence-corrected chi connectivity index (χ2v) is 7.55. The van der Waals surface area contributed by atoms with E-state index in [4.69, 9.17) is 9.15 Å². The van der Waals surface area contributed by atoms with Gasteiger partial charge in [0.1, 0.15) is 17.8 Å². The molecule has 3 aromatic rings. The van der Waals surface area contributed by atoms with Crippen LogP contribution in [0.5, 0.6) is 11.5 Å². The molecule has 0 radical (unpaired) electrons. The van der Waals surface area contributed by atoms with Crippen molar-refractivity contribution in [1.82, 2.24) is 15.6 Å². The van der Waals surface area contributed by atoms with Gasteiger partial charge in [0.05, 0.1) is 6.54 Å². The molecule has 0 spiro atoms. The summed E-state index contributed by atoms with van der Waals surface area (Å²) in [5, 5.41) is 5.28. The molecule has 0 unspecified atom stereocenters. The number of aromatic nitrogens is 1. The number of nitrogens with zero attached hydrogens (tertiary/aromatic N) is 1. The largest absolute Gasteiger partial charge is 0.573 e. The Hall–Kier alpha value is -3.67. The van der Waals surface area contributed by atoms with Crippen molar-refractivity contribution in [3.8, 4) is 11.5 Å². The van der Waals surface area contributed by atoms with E-state index in [1.807, 2.05) is 30.5 Å². The van der Waals surface area contributed by atoms with Crippen molar-refractivity contribution in [1.29, 1.82) is 0 Å². The molecular formula is C22H20F3N3O5S. The van der Waals surface area contributed by atoms with Gasteiger partial charge in [0, 0.05) is 11.4 Å². The van der Waals surface area contributed by atoms with Crippen LogP contribution in [-0.4, -0.2) is 36.0 Å². The molecule has 2 N–H and O–H groups in total. The van der Waals surface area contributed by atoms with Gasteiger partial charge in [0.15, 0.2) is 12.3 Å². The first-order valence-electron chi connectivity index (χ1n) is 9.83. The molecule has 180 valence electrons. The van der Waals surface area contributed by atoms with Crippen molar-refractivity contribution in [2.45, 2.75) is 24.3 Å². The van der Waals surface area contributed by atoms with E-state index < -0.39 is 23.9 Å². The third-order valence-corrected chi connectivity index (χ3v) is 5.12. The number of amides is 2. The Balaban J connectivity index is 1.41. The van der Waals surface area contributed by atoms with Gasteiger partial charge in [-0.2, -0.15) is 0 Å². The van der Waals surface area contributed by atoms with E-state index in [1.165, 1.54) is 18.4 Å². The summed E-state index contributed by atoms with van der Waals surface area (Å²) in [6.07, 6.45) is -1.65. The average Bonchev–Trinajstić information content (AvgIpc) is 3.29. The highest BCUT2D eigenvalue weighted by Crippen LogP contribution is 2.24. The molecule has 2 amide bonds. The fourth-order valence-corrected chi connectivity index (χ4v) is 3.34. The second-order valence-electron chi connectivity index (χ2n) is 6.71. The van der Waals surface area contributed by atoms with Crippen LogP contribution in [0.15, 0.2) is 64.1 Å². The van der Waals surface area contributed by atoms with Gasteiger partial charge in [-0.15, -0.1) is 24.9 Å². The monoisotopic (exact) mass is 495 g/mol. The Morgan fingerprint density at radius 1 is 1.03 bits per heavy atom. The Labute approximate surface area is 196 Å². The average molecular weight is 495 g/mol. The summed E-state index contributed by atoms with van der Waals surface area (Å²) in [5.41, 5.74) is 1.05. The number of nitrogens with one attached hydrogen (secondary N) is 2. The van der Waals surface area contributed by atoms with Crippen molar-refractivity contribution >= 4 is 23.6 Å². The lowest BCUT2D eigenvalue weighted by atomic mass is 10.2. The van der Waals surface area contributed by atoms with Crippen LogP contribution in [0, 0.1) is 0 Å². The molecule has 0 aliphatic carbocycles. The zero-order valence-electron chi connectivity index (χ0n) is 17.8. The number of hydrogen-bond acceptors (Lipinski definition) is 7. The number of carbonyl (C=O) groups excluding carboxylic acids is 2. The van der Waals surface area contributed by atoms with Crippen molar-refractivity contribution in [2.75, 3.05) is 12.9 Å². The SMILES string of the molecule is CSc1ccccc1CNC(=O)c1coc(CNC(=O)COc2ccc(OC(F)(F)F)cc2)n1. The summed E-state index contributed by atoms with van der Waals surface area (Å²) in [4.78, 5) is 29.4. The van der Waals surface area contributed by atoms with Crippen LogP contribution >= 0.6 is 11.8 Å². The highest BCUT2D eigenvalue weighted by molar-refractivity contribution is 7.98. The van der Waals surface area contributed by atoms with Gasteiger partial charge >= 0.3 is 6.36 Å². The normalized spacial score (nSPS) is 11.1. The van der Waals surface area contributed by atoms with E-state index in [2.05, 4.69) is 20.4 Å². The first-order valence-corrected chi connectivity index (χ1v) is 11.1. The topological polar surface area (TPSA) is 103 Å². The first kappa shape index (κ1) is 25.0. The predicted octanol–water partition coefficient (Wildman–Crippen LogP) is 3.92. The number of alkyl halides is 3. The van der Waals surface area contributed by atoms with Gasteiger partial charge in [-0.1, -0.05) is 18.2 Å². The molecule has 0 aliphatic heterocycles. The Morgan fingerprint density at radius 3 is 2.44 bits per heavy atom. The van der Waals surface area contributed by atoms with Gasteiger partial charge in [0.25, 0.3) is 11.8 Å². The molecule has 0 aliphatic rings. The summed E-state index contributed by atoms with van der Waals surface area (Å²) >= 11 is 1.58. The second kappa shape index (κ2) is 11.5. The molecule has 2 aromatic carbocycles. The van der Waals surface area contributed by atoms with E-state index in [-0.39, 0.29) is 30.5 Å².